The number of benzene rings is 2. The summed E-state index contributed by atoms with van der Waals surface area (Å²) in [6.07, 6.45) is 0. The Morgan fingerprint density at radius 3 is 2.76 bits per heavy atom. The number of sulfone groups is 1. The first-order chi connectivity index (χ1) is 9.97. The maximum absolute atomic E-state index is 12.6. The van der Waals surface area contributed by atoms with E-state index in [2.05, 4.69) is 0 Å². The van der Waals surface area contributed by atoms with E-state index in [1.807, 2.05) is 24.3 Å². The molecule has 0 spiro atoms. The maximum Gasteiger partial charge on any atom is 0.181 e. The molecule has 1 aliphatic rings. The van der Waals surface area contributed by atoms with Crippen LogP contribution in [0, 0.1) is 0 Å². The number of nitrogen functional groups attached to an aromatic ring is 1. The van der Waals surface area contributed by atoms with E-state index in [4.69, 9.17) is 17.3 Å². The Morgan fingerprint density at radius 2 is 2.00 bits per heavy atom. The van der Waals surface area contributed by atoms with Crippen LogP contribution in [0.15, 0.2) is 52.3 Å². The van der Waals surface area contributed by atoms with Crippen LogP contribution in [0.1, 0.15) is 11.5 Å². The summed E-state index contributed by atoms with van der Waals surface area (Å²) in [4.78, 5) is 1.34. The summed E-state index contributed by atoms with van der Waals surface area (Å²) >= 11 is 7.53. The smallest absolute Gasteiger partial charge is 0.181 e. The van der Waals surface area contributed by atoms with Gasteiger partial charge in [0.15, 0.2) is 9.84 Å². The molecule has 0 fully saturated rings. The Hall–Kier alpha value is -1.17. The topological polar surface area (TPSA) is 60.2 Å². The van der Waals surface area contributed by atoms with E-state index in [1.54, 1.807) is 17.8 Å². The van der Waals surface area contributed by atoms with Gasteiger partial charge in [-0.05, 0) is 29.8 Å². The predicted molar refractivity (Wildman–Crippen MR) is 87.8 cm³/mol. The maximum atomic E-state index is 12.6. The largest absolute Gasteiger partial charge is 0.398 e. The molecule has 0 amide bonds. The van der Waals surface area contributed by atoms with Gasteiger partial charge in [-0.1, -0.05) is 29.8 Å². The van der Waals surface area contributed by atoms with Crippen LogP contribution >= 0.6 is 23.4 Å². The lowest BCUT2D eigenvalue weighted by molar-refractivity contribution is 0.591. The van der Waals surface area contributed by atoms with E-state index in [0.717, 1.165) is 11.3 Å². The molecule has 1 unspecified atom stereocenters. The number of rotatable bonds is 3. The Morgan fingerprint density at radius 1 is 1.24 bits per heavy atom. The summed E-state index contributed by atoms with van der Waals surface area (Å²) < 4.78 is 25.2. The molecule has 0 saturated carbocycles. The zero-order chi connectivity index (χ0) is 15.0. The average Bonchev–Trinajstić information content (AvgIpc) is 2.81. The lowest BCUT2D eigenvalue weighted by Gasteiger charge is -2.13. The monoisotopic (exact) mass is 339 g/mol. The van der Waals surface area contributed by atoms with E-state index < -0.39 is 9.84 Å². The third kappa shape index (κ3) is 2.91. The SMILES string of the molecule is Nc1cc(Cl)ccc1S(=O)(=O)CC1CSc2ccccc21. The summed E-state index contributed by atoms with van der Waals surface area (Å²) in [5.41, 5.74) is 7.13. The highest BCUT2D eigenvalue weighted by atomic mass is 35.5. The molecule has 0 bridgehead atoms. The Balaban J connectivity index is 1.91. The molecule has 110 valence electrons. The van der Waals surface area contributed by atoms with Crippen molar-refractivity contribution in [3.8, 4) is 0 Å². The minimum Gasteiger partial charge on any atom is -0.398 e. The Bertz CT molecular complexity index is 790. The summed E-state index contributed by atoms with van der Waals surface area (Å²) in [6.45, 7) is 0. The van der Waals surface area contributed by atoms with Crippen molar-refractivity contribution < 1.29 is 8.42 Å². The predicted octanol–water partition coefficient (Wildman–Crippen LogP) is 3.59. The molecule has 2 N–H and O–H groups in total. The fraction of sp³-hybridized carbons (Fsp3) is 0.200. The zero-order valence-electron chi connectivity index (χ0n) is 11.1. The number of anilines is 1. The van der Waals surface area contributed by atoms with Crippen molar-refractivity contribution in [1.29, 1.82) is 0 Å². The molecule has 3 rings (SSSR count). The Labute approximate surface area is 133 Å². The number of hydrogen-bond acceptors (Lipinski definition) is 4. The summed E-state index contributed by atoms with van der Waals surface area (Å²) in [5, 5.41) is 0.438. The van der Waals surface area contributed by atoms with Gasteiger partial charge in [0, 0.05) is 21.6 Å². The highest BCUT2D eigenvalue weighted by molar-refractivity contribution is 7.99. The molecule has 0 aromatic heterocycles. The zero-order valence-corrected chi connectivity index (χ0v) is 13.5. The van der Waals surface area contributed by atoms with Crippen LogP contribution in [0.3, 0.4) is 0 Å². The molecule has 0 radical (unpaired) electrons. The van der Waals surface area contributed by atoms with E-state index >= 15 is 0 Å². The van der Waals surface area contributed by atoms with E-state index in [-0.39, 0.29) is 22.3 Å². The second-order valence-corrected chi connectivity index (χ2v) is 8.51. The second kappa shape index (κ2) is 5.55. The first-order valence-corrected chi connectivity index (χ1v) is 9.48. The van der Waals surface area contributed by atoms with E-state index in [9.17, 15) is 8.42 Å². The second-order valence-electron chi connectivity index (χ2n) is 5.01. The molecule has 21 heavy (non-hydrogen) atoms. The minimum atomic E-state index is -3.43. The van der Waals surface area contributed by atoms with Gasteiger partial charge in [-0.15, -0.1) is 11.8 Å². The van der Waals surface area contributed by atoms with Gasteiger partial charge in [-0.25, -0.2) is 8.42 Å². The molecule has 2 aromatic carbocycles. The minimum absolute atomic E-state index is 0.00581. The van der Waals surface area contributed by atoms with Crippen molar-refractivity contribution >= 4 is 38.9 Å². The molecule has 3 nitrogen and oxygen atoms in total. The summed E-state index contributed by atoms with van der Waals surface area (Å²) in [7, 11) is -3.43. The standard InChI is InChI=1S/C15H14ClNO2S2/c16-11-5-6-15(13(17)7-11)21(18,19)9-10-8-20-14-4-2-1-3-12(10)14/h1-7,10H,8-9,17H2. The molecule has 1 aliphatic heterocycles. The molecule has 6 heteroatoms. The number of halogens is 1. The fourth-order valence-electron chi connectivity index (χ4n) is 2.52. The highest BCUT2D eigenvalue weighted by Gasteiger charge is 2.29. The molecule has 2 aromatic rings. The van der Waals surface area contributed by atoms with Gasteiger partial charge < -0.3 is 5.73 Å². The third-order valence-corrected chi connectivity index (χ3v) is 6.90. The molecule has 0 saturated heterocycles. The molecular weight excluding hydrogens is 326 g/mol. The quantitative estimate of drug-likeness (QED) is 0.868. The Kier molecular flexibility index (Phi) is 3.90. The van der Waals surface area contributed by atoms with Crippen molar-refractivity contribution in [3.63, 3.8) is 0 Å². The third-order valence-electron chi connectivity index (χ3n) is 3.53. The van der Waals surface area contributed by atoms with E-state index in [0.29, 0.717) is 5.02 Å². The highest BCUT2D eigenvalue weighted by Crippen LogP contribution is 2.41. The van der Waals surface area contributed by atoms with Crippen LogP contribution < -0.4 is 5.73 Å². The molecular formula is C15H14ClNO2S2. The molecule has 1 heterocycles. The first-order valence-electron chi connectivity index (χ1n) is 6.47. The normalized spacial score (nSPS) is 17.7. The summed E-state index contributed by atoms with van der Waals surface area (Å²) in [5.74, 6) is 0.862. The van der Waals surface area contributed by atoms with Crippen LogP contribution in [0.4, 0.5) is 5.69 Å². The van der Waals surface area contributed by atoms with Gasteiger partial charge in [0.05, 0.1) is 16.3 Å². The number of hydrogen-bond donors (Lipinski definition) is 1. The van der Waals surface area contributed by atoms with Crippen LogP contribution in [0.5, 0.6) is 0 Å². The van der Waals surface area contributed by atoms with Gasteiger partial charge in [0.25, 0.3) is 0 Å². The van der Waals surface area contributed by atoms with Crippen molar-refractivity contribution in [3.05, 3.63) is 53.1 Å². The van der Waals surface area contributed by atoms with Gasteiger partial charge >= 0.3 is 0 Å². The van der Waals surface area contributed by atoms with Crippen molar-refractivity contribution in [2.45, 2.75) is 15.7 Å². The number of nitrogens with two attached hydrogens (primary N) is 1. The van der Waals surface area contributed by atoms with E-state index in [1.165, 1.54) is 17.0 Å². The van der Waals surface area contributed by atoms with Gasteiger partial charge in [-0.2, -0.15) is 0 Å². The summed E-state index contributed by atoms with van der Waals surface area (Å²) in [6, 6.07) is 12.5. The van der Waals surface area contributed by atoms with Gasteiger partial charge in [0.2, 0.25) is 0 Å². The fourth-order valence-corrected chi connectivity index (χ4v) is 5.81. The number of fused-ring (bicyclic) bond motifs is 1. The first kappa shape index (κ1) is 14.8. The van der Waals surface area contributed by atoms with Crippen molar-refractivity contribution in [2.24, 2.45) is 0 Å². The van der Waals surface area contributed by atoms with Crippen LogP contribution in [0.25, 0.3) is 0 Å². The van der Waals surface area contributed by atoms with Crippen molar-refractivity contribution in [1.82, 2.24) is 0 Å². The van der Waals surface area contributed by atoms with Crippen molar-refractivity contribution in [2.75, 3.05) is 17.2 Å². The molecule has 0 aliphatic carbocycles. The van der Waals surface area contributed by atoms with Gasteiger partial charge in [0.1, 0.15) is 0 Å². The lowest BCUT2D eigenvalue weighted by Crippen LogP contribution is -2.16. The van der Waals surface area contributed by atoms with Crippen LogP contribution in [-0.4, -0.2) is 19.9 Å². The van der Waals surface area contributed by atoms with Crippen LogP contribution in [-0.2, 0) is 9.84 Å². The average molecular weight is 340 g/mol. The lowest BCUT2D eigenvalue weighted by atomic mass is 10.0. The number of thioether (sulfide) groups is 1. The van der Waals surface area contributed by atoms with Gasteiger partial charge in [-0.3, -0.25) is 0 Å². The van der Waals surface area contributed by atoms with Crippen LogP contribution in [0.2, 0.25) is 5.02 Å². The molecule has 1 atom stereocenters.